The van der Waals surface area contributed by atoms with Crippen molar-refractivity contribution in [2.45, 2.75) is 63.5 Å². The van der Waals surface area contributed by atoms with Crippen molar-refractivity contribution in [3.63, 3.8) is 0 Å². The lowest BCUT2D eigenvalue weighted by Gasteiger charge is -2.26. The fourth-order valence-electron chi connectivity index (χ4n) is 3.49. The first-order chi connectivity index (χ1) is 9.31. The number of aryl methyl sites for hydroxylation is 1. The van der Waals surface area contributed by atoms with Crippen LogP contribution in [-0.2, 0) is 6.42 Å². The standard InChI is InChI=1S/C17H24N2/c1-12-3-2-4-17-13(5-10-16(12)17)11-19(15-8-9-15)18-14-6-7-14/h2-4,13-15,18H,5-11H2,1H3. The number of benzene rings is 1. The molecule has 3 aliphatic rings. The number of rotatable bonds is 5. The summed E-state index contributed by atoms with van der Waals surface area (Å²) in [4.78, 5) is 0. The van der Waals surface area contributed by atoms with E-state index in [1.165, 1.54) is 50.6 Å². The van der Waals surface area contributed by atoms with Gasteiger partial charge in [-0.2, -0.15) is 0 Å². The molecular formula is C17H24N2. The molecule has 2 nitrogen and oxygen atoms in total. The maximum absolute atomic E-state index is 3.76. The van der Waals surface area contributed by atoms with Crippen LogP contribution < -0.4 is 5.43 Å². The van der Waals surface area contributed by atoms with Crippen LogP contribution in [0.2, 0.25) is 0 Å². The lowest BCUT2D eigenvalue weighted by molar-refractivity contribution is 0.160. The highest BCUT2D eigenvalue weighted by Crippen LogP contribution is 2.37. The van der Waals surface area contributed by atoms with Gasteiger partial charge in [-0.25, -0.2) is 5.01 Å². The van der Waals surface area contributed by atoms with Crippen LogP contribution in [0.1, 0.15) is 54.7 Å². The normalized spacial score (nSPS) is 25.9. The average Bonchev–Trinajstić information content (AvgIpc) is 3.29. The first-order valence-electron chi connectivity index (χ1n) is 7.92. The van der Waals surface area contributed by atoms with Crippen molar-refractivity contribution in [2.75, 3.05) is 6.54 Å². The highest BCUT2D eigenvalue weighted by atomic mass is 15.5. The van der Waals surface area contributed by atoms with E-state index >= 15 is 0 Å². The van der Waals surface area contributed by atoms with E-state index in [0.717, 1.165) is 18.0 Å². The van der Waals surface area contributed by atoms with Gasteiger partial charge in [-0.05, 0) is 68.1 Å². The molecule has 2 saturated carbocycles. The first-order valence-corrected chi connectivity index (χ1v) is 7.92. The summed E-state index contributed by atoms with van der Waals surface area (Å²) in [6, 6.07) is 8.49. The van der Waals surface area contributed by atoms with E-state index < -0.39 is 0 Å². The number of nitrogens with one attached hydrogen (secondary N) is 1. The molecule has 0 aromatic heterocycles. The van der Waals surface area contributed by atoms with Crippen LogP contribution in [0, 0.1) is 6.92 Å². The summed E-state index contributed by atoms with van der Waals surface area (Å²) >= 11 is 0. The van der Waals surface area contributed by atoms with Crippen LogP contribution in [0.4, 0.5) is 0 Å². The molecule has 0 aliphatic heterocycles. The van der Waals surface area contributed by atoms with Crippen molar-refractivity contribution in [1.29, 1.82) is 0 Å². The lowest BCUT2D eigenvalue weighted by atomic mass is 9.99. The molecular weight excluding hydrogens is 232 g/mol. The topological polar surface area (TPSA) is 15.3 Å². The molecule has 0 heterocycles. The molecule has 1 aromatic rings. The minimum Gasteiger partial charge on any atom is -0.252 e. The summed E-state index contributed by atoms with van der Waals surface area (Å²) in [5.41, 5.74) is 8.51. The van der Waals surface area contributed by atoms with Crippen LogP contribution in [-0.4, -0.2) is 23.6 Å². The average molecular weight is 256 g/mol. The van der Waals surface area contributed by atoms with Gasteiger partial charge in [0.15, 0.2) is 0 Å². The van der Waals surface area contributed by atoms with Gasteiger partial charge in [0.25, 0.3) is 0 Å². The predicted molar refractivity (Wildman–Crippen MR) is 78.1 cm³/mol. The Labute approximate surface area is 116 Å². The van der Waals surface area contributed by atoms with E-state index in [-0.39, 0.29) is 0 Å². The SMILES string of the molecule is Cc1cccc2c1CCC2CN(NC1CC1)C1CC1. The van der Waals surface area contributed by atoms with Gasteiger partial charge >= 0.3 is 0 Å². The Balaban J connectivity index is 1.49. The van der Waals surface area contributed by atoms with Crippen molar-refractivity contribution in [3.8, 4) is 0 Å². The predicted octanol–water partition coefficient (Wildman–Crippen LogP) is 3.16. The minimum absolute atomic E-state index is 0.752. The zero-order chi connectivity index (χ0) is 12.8. The third-order valence-corrected chi connectivity index (χ3v) is 4.96. The Kier molecular flexibility index (Phi) is 2.89. The summed E-state index contributed by atoms with van der Waals surface area (Å²) < 4.78 is 0. The summed E-state index contributed by atoms with van der Waals surface area (Å²) in [7, 11) is 0. The summed E-state index contributed by atoms with van der Waals surface area (Å²) in [6.07, 6.45) is 8.18. The molecule has 0 bridgehead atoms. The van der Waals surface area contributed by atoms with Crippen molar-refractivity contribution < 1.29 is 0 Å². The molecule has 19 heavy (non-hydrogen) atoms. The Morgan fingerprint density at radius 3 is 2.74 bits per heavy atom. The summed E-state index contributed by atoms with van der Waals surface area (Å²) in [5, 5.41) is 2.58. The molecule has 0 spiro atoms. The number of hydrogen-bond acceptors (Lipinski definition) is 2. The van der Waals surface area contributed by atoms with E-state index in [2.05, 4.69) is 35.6 Å². The molecule has 2 fully saturated rings. The molecule has 1 unspecified atom stereocenters. The summed E-state index contributed by atoms with van der Waals surface area (Å²) in [6.45, 7) is 3.49. The van der Waals surface area contributed by atoms with Gasteiger partial charge in [0, 0.05) is 18.6 Å². The maximum atomic E-state index is 3.76. The van der Waals surface area contributed by atoms with Gasteiger partial charge in [-0.3, -0.25) is 5.43 Å². The van der Waals surface area contributed by atoms with Crippen LogP contribution in [0.5, 0.6) is 0 Å². The van der Waals surface area contributed by atoms with E-state index in [1.807, 2.05) is 0 Å². The van der Waals surface area contributed by atoms with Gasteiger partial charge < -0.3 is 0 Å². The quantitative estimate of drug-likeness (QED) is 0.814. The van der Waals surface area contributed by atoms with Crippen molar-refractivity contribution in [2.24, 2.45) is 0 Å². The fourth-order valence-corrected chi connectivity index (χ4v) is 3.49. The molecule has 4 rings (SSSR count). The van der Waals surface area contributed by atoms with Crippen LogP contribution >= 0.6 is 0 Å². The van der Waals surface area contributed by atoms with Crippen molar-refractivity contribution >= 4 is 0 Å². The molecule has 0 amide bonds. The van der Waals surface area contributed by atoms with Crippen molar-refractivity contribution in [3.05, 3.63) is 34.9 Å². The highest BCUT2D eigenvalue weighted by Gasteiger charge is 2.36. The molecule has 2 heteroatoms. The largest absolute Gasteiger partial charge is 0.252 e. The van der Waals surface area contributed by atoms with Gasteiger partial charge in [0.05, 0.1) is 0 Å². The van der Waals surface area contributed by atoms with Gasteiger partial charge in [-0.1, -0.05) is 18.2 Å². The maximum Gasteiger partial charge on any atom is 0.0245 e. The molecule has 0 saturated heterocycles. The second-order valence-electron chi connectivity index (χ2n) is 6.67. The number of nitrogens with zero attached hydrogens (tertiary/aromatic N) is 1. The van der Waals surface area contributed by atoms with Crippen LogP contribution in [0.25, 0.3) is 0 Å². The monoisotopic (exact) mass is 256 g/mol. The van der Waals surface area contributed by atoms with Gasteiger partial charge in [0.1, 0.15) is 0 Å². The Morgan fingerprint density at radius 2 is 2.00 bits per heavy atom. The van der Waals surface area contributed by atoms with E-state index in [9.17, 15) is 0 Å². The third-order valence-electron chi connectivity index (χ3n) is 4.96. The minimum atomic E-state index is 0.752. The van der Waals surface area contributed by atoms with Crippen LogP contribution in [0.3, 0.4) is 0 Å². The molecule has 0 radical (unpaired) electrons. The zero-order valence-corrected chi connectivity index (χ0v) is 11.9. The molecule has 1 atom stereocenters. The Hall–Kier alpha value is -0.860. The molecule has 1 N–H and O–H groups in total. The second-order valence-corrected chi connectivity index (χ2v) is 6.67. The fraction of sp³-hybridized carbons (Fsp3) is 0.647. The Morgan fingerprint density at radius 1 is 1.16 bits per heavy atom. The Bertz CT molecular complexity index is 474. The lowest BCUT2D eigenvalue weighted by Crippen LogP contribution is -2.43. The van der Waals surface area contributed by atoms with Gasteiger partial charge in [0.2, 0.25) is 0 Å². The zero-order valence-electron chi connectivity index (χ0n) is 11.9. The smallest absolute Gasteiger partial charge is 0.0245 e. The summed E-state index contributed by atoms with van der Waals surface area (Å²) in [5.74, 6) is 0.752. The van der Waals surface area contributed by atoms with Crippen molar-refractivity contribution in [1.82, 2.24) is 10.4 Å². The second kappa shape index (κ2) is 4.60. The van der Waals surface area contributed by atoms with E-state index in [0.29, 0.717) is 0 Å². The van der Waals surface area contributed by atoms with Gasteiger partial charge in [-0.15, -0.1) is 0 Å². The molecule has 102 valence electrons. The third kappa shape index (κ3) is 2.44. The highest BCUT2D eigenvalue weighted by molar-refractivity contribution is 5.40. The number of hydrazine groups is 1. The molecule has 3 aliphatic carbocycles. The van der Waals surface area contributed by atoms with Crippen LogP contribution in [0.15, 0.2) is 18.2 Å². The van der Waals surface area contributed by atoms with E-state index in [1.54, 1.807) is 11.1 Å². The van der Waals surface area contributed by atoms with E-state index in [4.69, 9.17) is 0 Å². The molecule has 1 aromatic carbocycles. The number of hydrogen-bond donors (Lipinski definition) is 1. The number of fused-ring (bicyclic) bond motifs is 1. The first kappa shape index (κ1) is 11.9.